The van der Waals surface area contributed by atoms with Gasteiger partial charge in [-0.05, 0) is 59.7 Å². The summed E-state index contributed by atoms with van der Waals surface area (Å²) in [6, 6.07) is 26.5. The van der Waals surface area contributed by atoms with Gasteiger partial charge in [-0.1, -0.05) is 36.4 Å². The number of nitrogens with zero attached hydrogens (tertiary/aromatic N) is 4. The molecule has 0 unspecified atom stereocenters. The first-order valence-corrected chi connectivity index (χ1v) is 10.8. The number of nitriles is 1. The minimum Gasteiger partial charge on any atom is -0.326 e. The summed E-state index contributed by atoms with van der Waals surface area (Å²) in [5, 5.41) is 19.7. The lowest BCUT2D eigenvalue weighted by molar-refractivity contribution is -0.115. The molecule has 0 aliphatic carbocycles. The van der Waals surface area contributed by atoms with E-state index in [1.165, 1.54) is 12.1 Å². The Morgan fingerprint density at radius 2 is 1.69 bits per heavy atom. The van der Waals surface area contributed by atoms with Gasteiger partial charge in [0.1, 0.15) is 11.9 Å². The molecule has 0 spiro atoms. The van der Waals surface area contributed by atoms with Crippen molar-refractivity contribution in [1.82, 2.24) is 14.6 Å². The van der Waals surface area contributed by atoms with Crippen LogP contribution in [0.4, 0.5) is 21.7 Å². The number of para-hydroxylation sites is 1. The zero-order chi connectivity index (χ0) is 24.2. The molecule has 0 bridgehead atoms. The number of fused-ring (bicyclic) bond motifs is 1. The molecule has 0 radical (unpaired) electrons. The van der Waals surface area contributed by atoms with Crippen LogP contribution < -0.4 is 10.6 Å². The molecule has 170 valence electrons. The van der Waals surface area contributed by atoms with Gasteiger partial charge < -0.3 is 10.6 Å². The first-order valence-electron chi connectivity index (χ1n) is 10.8. The molecule has 8 heteroatoms. The quantitative estimate of drug-likeness (QED) is 0.356. The van der Waals surface area contributed by atoms with Gasteiger partial charge in [-0.2, -0.15) is 10.2 Å². The predicted molar refractivity (Wildman–Crippen MR) is 132 cm³/mol. The van der Waals surface area contributed by atoms with Crippen LogP contribution in [0.5, 0.6) is 0 Å². The van der Waals surface area contributed by atoms with E-state index < -0.39 is 0 Å². The number of nitrogens with one attached hydrogen (secondary N) is 2. The zero-order valence-electron chi connectivity index (χ0n) is 18.4. The zero-order valence-corrected chi connectivity index (χ0v) is 18.4. The highest BCUT2D eigenvalue weighted by molar-refractivity contribution is 5.92. The van der Waals surface area contributed by atoms with Crippen molar-refractivity contribution < 1.29 is 9.18 Å². The lowest BCUT2D eigenvalue weighted by Crippen LogP contribution is -2.14. The van der Waals surface area contributed by atoms with Crippen LogP contribution in [0.2, 0.25) is 0 Å². The Labute approximate surface area is 200 Å². The van der Waals surface area contributed by atoms with Crippen molar-refractivity contribution in [2.75, 3.05) is 10.6 Å². The second kappa shape index (κ2) is 9.45. The number of carbonyl (C=O) groups is 1. The largest absolute Gasteiger partial charge is 0.326 e. The number of hydrogen-bond donors (Lipinski definition) is 2. The lowest BCUT2D eigenvalue weighted by Gasteiger charge is -2.07. The molecule has 0 saturated heterocycles. The van der Waals surface area contributed by atoms with Crippen LogP contribution in [0.15, 0.2) is 91.1 Å². The monoisotopic (exact) mass is 462 g/mol. The van der Waals surface area contributed by atoms with Crippen molar-refractivity contribution in [1.29, 1.82) is 5.26 Å². The third-order valence-corrected chi connectivity index (χ3v) is 5.40. The highest BCUT2D eigenvalue weighted by Crippen LogP contribution is 2.23. The summed E-state index contributed by atoms with van der Waals surface area (Å²) < 4.78 is 14.7. The number of amides is 1. The molecular formula is C27H19FN6O. The van der Waals surface area contributed by atoms with E-state index >= 15 is 0 Å². The van der Waals surface area contributed by atoms with Gasteiger partial charge in [0, 0.05) is 17.4 Å². The van der Waals surface area contributed by atoms with E-state index in [0.717, 1.165) is 16.7 Å². The summed E-state index contributed by atoms with van der Waals surface area (Å²) in [5.41, 5.74) is 5.10. The first-order chi connectivity index (χ1) is 17.1. The van der Waals surface area contributed by atoms with Gasteiger partial charge >= 0.3 is 0 Å². The Bertz CT molecular complexity index is 1550. The molecule has 0 fully saturated rings. The summed E-state index contributed by atoms with van der Waals surface area (Å²) in [6.07, 6.45) is 2.03. The van der Waals surface area contributed by atoms with Gasteiger partial charge in [-0.3, -0.25) is 4.79 Å². The Hall–Kier alpha value is -5.03. The molecule has 7 nitrogen and oxygen atoms in total. The third-order valence-electron chi connectivity index (χ3n) is 5.40. The van der Waals surface area contributed by atoms with Crippen LogP contribution in [0, 0.1) is 17.1 Å². The van der Waals surface area contributed by atoms with Gasteiger partial charge in [0.05, 0.1) is 17.7 Å². The molecular weight excluding hydrogens is 443 g/mol. The van der Waals surface area contributed by atoms with Crippen molar-refractivity contribution >= 4 is 28.9 Å². The van der Waals surface area contributed by atoms with E-state index in [9.17, 15) is 14.4 Å². The fraction of sp³-hybridized carbons (Fsp3) is 0.0370. The van der Waals surface area contributed by atoms with E-state index in [-0.39, 0.29) is 18.1 Å². The number of anilines is 3. The smallest absolute Gasteiger partial charge is 0.247 e. The molecule has 1 amide bonds. The summed E-state index contributed by atoms with van der Waals surface area (Å²) in [6.45, 7) is 0. The second-order valence-electron chi connectivity index (χ2n) is 7.87. The third kappa shape index (κ3) is 4.99. The summed E-state index contributed by atoms with van der Waals surface area (Å²) in [7, 11) is 0. The summed E-state index contributed by atoms with van der Waals surface area (Å²) in [4.78, 5) is 16.8. The number of rotatable bonds is 6. The number of benzene rings is 3. The molecule has 2 N–H and O–H groups in total. The van der Waals surface area contributed by atoms with Crippen molar-refractivity contribution in [2.45, 2.75) is 6.42 Å². The number of halogens is 1. The highest BCUT2D eigenvalue weighted by Gasteiger charge is 2.09. The van der Waals surface area contributed by atoms with E-state index in [1.807, 2.05) is 48.7 Å². The fourth-order valence-electron chi connectivity index (χ4n) is 3.66. The standard InChI is InChI=1S/C27H19FN6O/c28-22-10-5-18(6-11-22)15-26(35)30-23-12-7-19(8-13-23)21-9-14-25-32-27(33-34(25)17-21)31-24-4-2-1-3-20(24)16-29/h1-14,17H,15H2,(H,30,35)(H,31,33). The Morgan fingerprint density at radius 3 is 2.46 bits per heavy atom. The van der Waals surface area contributed by atoms with Gasteiger partial charge in [0.25, 0.3) is 0 Å². The fourth-order valence-corrected chi connectivity index (χ4v) is 3.66. The van der Waals surface area contributed by atoms with Crippen LogP contribution in [-0.2, 0) is 11.2 Å². The maximum atomic E-state index is 13.0. The SMILES string of the molecule is N#Cc1ccccc1Nc1nc2ccc(-c3ccc(NC(=O)Cc4ccc(F)cc4)cc3)cn2n1. The predicted octanol–water partition coefficient (Wildman–Crippen LogP) is 5.33. The molecule has 2 aromatic heterocycles. The molecule has 5 rings (SSSR count). The van der Waals surface area contributed by atoms with E-state index in [0.29, 0.717) is 28.5 Å². The molecule has 0 saturated carbocycles. The van der Waals surface area contributed by atoms with Gasteiger partial charge in [0.15, 0.2) is 5.65 Å². The van der Waals surface area contributed by atoms with Crippen LogP contribution >= 0.6 is 0 Å². The van der Waals surface area contributed by atoms with Crippen LogP contribution in [0.3, 0.4) is 0 Å². The number of hydrogen-bond acceptors (Lipinski definition) is 5. The van der Waals surface area contributed by atoms with Crippen molar-refractivity contribution in [3.05, 3.63) is 108 Å². The Balaban J connectivity index is 1.29. The van der Waals surface area contributed by atoms with Gasteiger partial charge in [-0.15, -0.1) is 5.10 Å². The van der Waals surface area contributed by atoms with Crippen molar-refractivity contribution in [3.8, 4) is 17.2 Å². The van der Waals surface area contributed by atoms with Gasteiger partial charge in [-0.25, -0.2) is 8.91 Å². The highest BCUT2D eigenvalue weighted by atomic mass is 19.1. The minimum absolute atomic E-state index is 0.167. The average Bonchev–Trinajstić information content (AvgIpc) is 3.28. The Morgan fingerprint density at radius 1 is 0.943 bits per heavy atom. The second-order valence-corrected chi connectivity index (χ2v) is 7.87. The number of aromatic nitrogens is 3. The molecule has 3 aromatic carbocycles. The molecule has 0 atom stereocenters. The number of pyridine rings is 1. The maximum Gasteiger partial charge on any atom is 0.247 e. The van der Waals surface area contributed by atoms with E-state index in [4.69, 9.17) is 0 Å². The van der Waals surface area contributed by atoms with E-state index in [1.54, 1.807) is 34.8 Å². The Kier molecular flexibility index (Phi) is 5.89. The summed E-state index contributed by atoms with van der Waals surface area (Å²) >= 11 is 0. The molecule has 0 aliphatic heterocycles. The number of carbonyl (C=O) groups excluding carboxylic acids is 1. The topological polar surface area (TPSA) is 95.1 Å². The normalized spacial score (nSPS) is 10.6. The minimum atomic E-state index is -0.328. The lowest BCUT2D eigenvalue weighted by atomic mass is 10.1. The first kappa shape index (κ1) is 21.8. The van der Waals surface area contributed by atoms with Crippen molar-refractivity contribution in [2.24, 2.45) is 0 Å². The molecule has 0 aliphatic rings. The average molecular weight is 462 g/mol. The maximum absolute atomic E-state index is 13.0. The summed E-state index contributed by atoms with van der Waals surface area (Å²) in [5.74, 6) is -0.110. The van der Waals surface area contributed by atoms with Crippen LogP contribution in [0.1, 0.15) is 11.1 Å². The van der Waals surface area contributed by atoms with Crippen molar-refractivity contribution in [3.63, 3.8) is 0 Å². The van der Waals surface area contributed by atoms with E-state index in [2.05, 4.69) is 26.8 Å². The molecule has 5 aromatic rings. The van der Waals surface area contributed by atoms with Gasteiger partial charge in [0.2, 0.25) is 11.9 Å². The van der Waals surface area contributed by atoms with Crippen LogP contribution in [0.25, 0.3) is 16.8 Å². The molecule has 35 heavy (non-hydrogen) atoms. The van der Waals surface area contributed by atoms with Crippen LogP contribution in [-0.4, -0.2) is 20.5 Å². The molecule has 2 heterocycles.